The van der Waals surface area contributed by atoms with Crippen molar-refractivity contribution in [1.29, 1.82) is 0 Å². The summed E-state index contributed by atoms with van der Waals surface area (Å²) in [7, 11) is 0. The van der Waals surface area contributed by atoms with Crippen LogP contribution in [0.15, 0.2) is 24.3 Å². The maximum atomic E-state index is 12.7. The molecule has 110 valence electrons. The third-order valence-corrected chi connectivity index (χ3v) is 4.29. The van der Waals surface area contributed by atoms with E-state index in [0.29, 0.717) is 11.9 Å². The van der Waals surface area contributed by atoms with Crippen molar-refractivity contribution in [3.8, 4) is 0 Å². The number of hydrogen-bond donors (Lipinski definition) is 1. The Morgan fingerprint density at radius 1 is 1.40 bits per heavy atom. The van der Waals surface area contributed by atoms with E-state index >= 15 is 0 Å². The number of nitrogens with one attached hydrogen (secondary N) is 1. The summed E-state index contributed by atoms with van der Waals surface area (Å²) >= 11 is 0. The molecule has 0 spiro atoms. The summed E-state index contributed by atoms with van der Waals surface area (Å²) in [5.74, 6) is 0.513. The van der Waals surface area contributed by atoms with Gasteiger partial charge in [0.25, 0.3) is 0 Å². The fraction of sp³-hybridized carbons (Fsp3) is 0.588. The maximum absolute atomic E-state index is 12.7. The SMILES string of the molecule is CCN(Cc1ccccc1C)C(=O)[C@H]1CCN[C@@H](C)C1. The molecule has 0 radical (unpaired) electrons. The molecule has 2 rings (SSSR count). The fourth-order valence-electron chi connectivity index (χ4n) is 2.95. The van der Waals surface area contributed by atoms with Crippen LogP contribution in [0.25, 0.3) is 0 Å². The molecule has 3 heteroatoms. The Labute approximate surface area is 122 Å². The first-order chi connectivity index (χ1) is 9.61. The molecule has 0 unspecified atom stereocenters. The van der Waals surface area contributed by atoms with Crippen molar-refractivity contribution in [2.24, 2.45) is 5.92 Å². The molecule has 3 nitrogen and oxygen atoms in total. The summed E-state index contributed by atoms with van der Waals surface area (Å²) in [4.78, 5) is 14.7. The molecule has 1 heterocycles. The van der Waals surface area contributed by atoms with Gasteiger partial charge in [-0.05, 0) is 51.3 Å². The van der Waals surface area contributed by atoms with Gasteiger partial charge in [-0.1, -0.05) is 24.3 Å². The topological polar surface area (TPSA) is 32.3 Å². The van der Waals surface area contributed by atoms with Crippen molar-refractivity contribution >= 4 is 5.91 Å². The van der Waals surface area contributed by atoms with Gasteiger partial charge in [0.2, 0.25) is 5.91 Å². The number of carbonyl (C=O) groups excluding carboxylic acids is 1. The van der Waals surface area contributed by atoms with Crippen molar-refractivity contribution in [3.05, 3.63) is 35.4 Å². The lowest BCUT2D eigenvalue weighted by molar-refractivity contribution is -0.137. The summed E-state index contributed by atoms with van der Waals surface area (Å²) in [6.45, 7) is 8.82. The van der Waals surface area contributed by atoms with Crippen LogP contribution >= 0.6 is 0 Å². The number of hydrogen-bond acceptors (Lipinski definition) is 2. The Bertz CT molecular complexity index is 458. The molecule has 0 aromatic heterocycles. The standard InChI is InChI=1S/C17H26N2O/c1-4-19(12-16-8-6-5-7-13(16)2)17(20)15-9-10-18-14(3)11-15/h5-8,14-15,18H,4,9-12H2,1-3H3/t14-,15-/m0/s1. The van der Waals surface area contributed by atoms with Crippen LogP contribution in [0.1, 0.15) is 37.8 Å². The quantitative estimate of drug-likeness (QED) is 0.915. The minimum atomic E-state index is 0.190. The highest BCUT2D eigenvalue weighted by Crippen LogP contribution is 2.20. The van der Waals surface area contributed by atoms with Gasteiger partial charge in [0.1, 0.15) is 0 Å². The average Bonchev–Trinajstić information content (AvgIpc) is 2.46. The molecule has 1 aliphatic heterocycles. The van der Waals surface area contributed by atoms with E-state index < -0.39 is 0 Å². The number of benzene rings is 1. The van der Waals surface area contributed by atoms with Gasteiger partial charge in [-0.3, -0.25) is 4.79 Å². The minimum Gasteiger partial charge on any atom is -0.338 e. The van der Waals surface area contributed by atoms with Gasteiger partial charge in [-0.15, -0.1) is 0 Å². The Hall–Kier alpha value is -1.35. The lowest BCUT2D eigenvalue weighted by Crippen LogP contribution is -2.44. The zero-order valence-corrected chi connectivity index (χ0v) is 12.9. The first-order valence-electron chi connectivity index (χ1n) is 7.68. The first kappa shape index (κ1) is 15.0. The Morgan fingerprint density at radius 2 is 2.15 bits per heavy atom. The third kappa shape index (κ3) is 3.60. The molecule has 20 heavy (non-hydrogen) atoms. The molecule has 0 bridgehead atoms. The van der Waals surface area contributed by atoms with E-state index in [0.717, 1.165) is 32.5 Å². The van der Waals surface area contributed by atoms with Gasteiger partial charge >= 0.3 is 0 Å². The summed E-state index contributed by atoms with van der Waals surface area (Å²) in [5.41, 5.74) is 2.52. The number of nitrogens with zero attached hydrogens (tertiary/aromatic N) is 1. The first-order valence-corrected chi connectivity index (χ1v) is 7.68. The number of carbonyl (C=O) groups is 1. The van der Waals surface area contributed by atoms with Crippen LogP contribution in [0.3, 0.4) is 0 Å². The van der Waals surface area contributed by atoms with Gasteiger partial charge < -0.3 is 10.2 Å². The van der Waals surface area contributed by atoms with Crippen LogP contribution in [0.5, 0.6) is 0 Å². The van der Waals surface area contributed by atoms with Crippen molar-refractivity contribution in [2.75, 3.05) is 13.1 Å². The van der Waals surface area contributed by atoms with E-state index in [4.69, 9.17) is 0 Å². The number of piperidine rings is 1. The van der Waals surface area contributed by atoms with Gasteiger partial charge in [0.05, 0.1) is 0 Å². The van der Waals surface area contributed by atoms with Gasteiger partial charge in [-0.25, -0.2) is 0 Å². The van der Waals surface area contributed by atoms with Gasteiger partial charge in [0, 0.05) is 25.0 Å². The normalized spacial score (nSPS) is 22.6. The minimum absolute atomic E-state index is 0.190. The van der Waals surface area contributed by atoms with Gasteiger partial charge in [0.15, 0.2) is 0 Å². The molecule has 1 fully saturated rings. The fourth-order valence-corrected chi connectivity index (χ4v) is 2.95. The predicted octanol–water partition coefficient (Wildman–Crippen LogP) is 2.73. The van der Waals surface area contributed by atoms with Crippen molar-refractivity contribution in [1.82, 2.24) is 10.2 Å². The molecule has 1 N–H and O–H groups in total. The van der Waals surface area contributed by atoms with E-state index in [1.165, 1.54) is 11.1 Å². The smallest absolute Gasteiger partial charge is 0.226 e. The number of amides is 1. The monoisotopic (exact) mass is 274 g/mol. The van der Waals surface area contributed by atoms with Crippen LogP contribution in [0.4, 0.5) is 0 Å². The van der Waals surface area contributed by atoms with E-state index in [1.807, 2.05) is 17.0 Å². The molecular formula is C17H26N2O. The average molecular weight is 274 g/mol. The molecule has 1 amide bonds. The predicted molar refractivity (Wildman–Crippen MR) is 82.5 cm³/mol. The second kappa shape index (κ2) is 6.89. The molecule has 1 aromatic rings. The van der Waals surface area contributed by atoms with E-state index in [9.17, 15) is 4.79 Å². The summed E-state index contributed by atoms with van der Waals surface area (Å²) in [6.07, 6.45) is 1.93. The van der Waals surface area contributed by atoms with Gasteiger partial charge in [-0.2, -0.15) is 0 Å². The van der Waals surface area contributed by atoms with E-state index in [-0.39, 0.29) is 5.92 Å². The molecule has 0 saturated carbocycles. The Kier molecular flexibility index (Phi) is 5.18. The van der Waals surface area contributed by atoms with Crippen LogP contribution in [-0.4, -0.2) is 29.9 Å². The molecular weight excluding hydrogens is 248 g/mol. The van der Waals surface area contributed by atoms with Crippen LogP contribution in [0, 0.1) is 12.8 Å². The van der Waals surface area contributed by atoms with Crippen molar-refractivity contribution in [2.45, 2.75) is 46.2 Å². The van der Waals surface area contributed by atoms with Crippen LogP contribution in [0.2, 0.25) is 0 Å². The summed E-state index contributed by atoms with van der Waals surface area (Å²) < 4.78 is 0. The van der Waals surface area contributed by atoms with Crippen molar-refractivity contribution in [3.63, 3.8) is 0 Å². The molecule has 0 aliphatic carbocycles. The molecule has 1 aromatic carbocycles. The highest BCUT2D eigenvalue weighted by atomic mass is 16.2. The van der Waals surface area contributed by atoms with Crippen LogP contribution < -0.4 is 5.32 Å². The molecule has 2 atom stereocenters. The Balaban J connectivity index is 2.04. The highest BCUT2D eigenvalue weighted by molar-refractivity contribution is 5.79. The second-order valence-electron chi connectivity index (χ2n) is 5.86. The summed E-state index contributed by atoms with van der Waals surface area (Å²) in [6, 6.07) is 8.78. The van der Waals surface area contributed by atoms with Crippen LogP contribution in [-0.2, 0) is 11.3 Å². The number of rotatable bonds is 4. The maximum Gasteiger partial charge on any atom is 0.226 e. The molecule has 1 aliphatic rings. The Morgan fingerprint density at radius 3 is 2.80 bits per heavy atom. The van der Waals surface area contributed by atoms with E-state index in [1.54, 1.807) is 0 Å². The lowest BCUT2D eigenvalue weighted by atomic mass is 9.91. The summed E-state index contributed by atoms with van der Waals surface area (Å²) in [5, 5.41) is 3.41. The largest absolute Gasteiger partial charge is 0.338 e. The highest BCUT2D eigenvalue weighted by Gasteiger charge is 2.28. The zero-order chi connectivity index (χ0) is 14.5. The van der Waals surface area contributed by atoms with Crippen molar-refractivity contribution < 1.29 is 4.79 Å². The third-order valence-electron chi connectivity index (χ3n) is 4.29. The second-order valence-corrected chi connectivity index (χ2v) is 5.86. The zero-order valence-electron chi connectivity index (χ0n) is 12.9. The lowest BCUT2D eigenvalue weighted by Gasteiger charge is -2.32. The molecule has 1 saturated heterocycles. The number of aryl methyl sites for hydroxylation is 1. The van der Waals surface area contributed by atoms with E-state index in [2.05, 4.69) is 38.2 Å².